The molecular weight excluding hydrogens is 370 g/mol. The molecule has 0 bridgehead atoms. The Kier molecular flexibility index (Phi) is 6.08. The number of hydrogen-bond donors (Lipinski definition) is 1. The van der Waals surface area contributed by atoms with Gasteiger partial charge in [0.15, 0.2) is 4.34 Å². The molecule has 26 heavy (non-hydrogen) atoms. The maximum Gasteiger partial charge on any atom is 0.257 e. The first-order valence-corrected chi connectivity index (χ1v) is 9.67. The first kappa shape index (κ1) is 18.2. The molecule has 3 aromatic rings. The van der Waals surface area contributed by atoms with Gasteiger partial charge in [0.25, 0.3) is 5.91 Å². The van der Waals surface area contributed by atoms with Crippen molar-refractivity contribution >= 4 is 34.1 Å². The van der Waals surface area contributed by atoms with Gasteiger partial charge in [0.2, 0.25) is 5.13 Å². The summed E-state index contributed by atoms with van der Waals surface area (Å²) >= 11 is 2.96. The zero-order valence-corrected chi connectivity index (χ0v) is 15.9. The summed E-state index contributed by atoms with van der Waals surface area (Å²) in [6, 6.07) is 14.2. The molecule has 0 saturated carbocycles. The minimum atomic E-state index is -0.231. The zero-order chi connectivity index (χ0) is 18.4. The molecule has 1 amide bonds. The van der Waals surface area contributed by atoms with Crippen LogP contribution in [0.1, 0.15) is 17.3 Å². The van der Waals surface area contributed by atoms with Gasteiger partial charge in [0.1, 0.15) is 17.2 Å². The van der Waals surface area contributed by atoms with Crippen molar-refractivity contribution in [2.75, 3.05) is 18.2 Å². The molecule has 0 radical (unpaired) electrons. The number of benzene rings is 2. The Balaban J connectivity index is 1.61. The number of anilines is 1. The summed E-state index contributed by atoms with van der Waals surface area (Å²) in [5.74, 6) is 2.78. The fourth-order valence-electron chi connectivity index (χ4n) is 2.07. The molecule has 134 valence electrons. The molecule has 0 fully saturated rings. The first-order chi connectivity index (χ1) is 12.7. The Bertz CT molecular complexity index is 864. The lowest BCUT2D eigenvalue weighted by Gasteiger charge is -2.07. The van der Waals surface area contributed by atoms with Crippen LogP contribution in [0.15, 0.2) is 52.9 Å². The van der Waals surface area contributed by atoms with E-state index in [-0.39, 0.29) is 5.91 Å². The maximum atomic E-state index is 12.3. The number of carbonyl (C=O) groups excluding carboxylic acids is 1. The van der Waals surface area contributed by atoms with Crippen LogP contribution in [0.4, 0.5) is 5.13 Å². The number of hydrogen-bond acceptors (Lipinski definition) is 7. The molecule has 0 aliphatic carbocycles. The predicted molar refractivity (Wildman–Crippen MR) is 104 cm³/mol. The standard InChI is InChI=1S/C18H17N3O3S2/c1-3-25-18-21-20-17(26-18)19-16(22)12-4-6-14(7-5-12)24-15-10-8-13(23-2)9-11-15/h4-11H,3H2,1-2H3,(H,19,20,22). The number of aromatic nitrogens is 2. The SMILES string of the molecule is CCSc1nnc(NC(=O)c2ccc(Oc3ccc(OC)cc3)cc2)s1. The summed E-state index contributed by atoms with van der Waals surface area (Å²) in [5.41, 5.74) is 0.520. The summed E-state index contributed by atoms with van der Waals surface area (Å²) in [6.07, 6.45) is 0. The summed E-state index contributed by atoms with van der Waals surface area (Å²) in [4.78, 5) is 12.3. The van der Waals surface area contributed by atoms with Gasteiger partial charge in [-0.2, -0.15) is 0 Å². The lowest BCUT2D eigenvalue weighted by atomic mass is 10.2. The van der Waals surface area contributed by atoms with Crippen molar-refractivity contribution in [2.45, 2.75) is 11.3 Å². The highest BCUT2D eigenvalue weighted by Crippen LogP contribution is 2.26. The number of methoxy groups -OCH3 is 1. The lowest BCUT2D eigenvalue weighted by Crippen LogP contribution is -2.11. The highest BCUT2D eigenvalue weighted by molar-refractivity contribution is 8.01. The predicted octanol–water partition coefficient (Wildman–Crippen LogP) is 4.70. The largest absolute Gasteiger partial charge is 0.497 e. The molecule has 6 nitrogen and oxygen atoms in total. The van der Waals surface area contributed by atoms with Gasteiger partial charge in [-0.1, -0.05) is 30.0 Å². The second-order valence-corrected chi connectivity index (χ2v) is 7.55. The van der Waals surface area contributed by atoms with E-state index < -0.39 is 0 Å². The maximum absolute atomic E-state index is 12.3. The van der Waals surface area contributed by atoms with E-state index in [2.05, 4.69) is 15.5 Å². The quantitative estimate of drug-likeness (QED) is 0.468. The van der Waals surface area contributed by atoms with Crippen molar-refractivity contribution in [1.82, 2.24) is 10.2 Å². The molecule has 0 aliphatic rings. The van der Waals surface area contributed by atoms with Crippen molar-refractivity contribution in [3.8, 4) is 17.2 Å². The summed E-state index contributed by atoms with van der Waals surface area (Å²) in [6.45, 7) is 2.04. The molecule has 0 aliphatic heterocycles. The van der Waals surface area contributed by atoms with Crippen LogP contribution in [0.3, 0.4) is 0 Å². The third kappa shape index (κ3) is 4.74. The van der Waals surface area contributed by atoms with Crippen LogP contribution < -0.4 is 14.8 Å². The van der Waals surface area contributed by atoms with E-state index in [1.54, 1.807) is 43.1 Å². The van der Waals surface area contributed by atoms with Gasteiger partial charge in [-0.3, -0.25) is 10.1 Å². The van der Waals surface area contributed by atoms with Crippen LogP contribution in [-0.4, -0.2) is 29.0 Å². The van der Waals surface area contributed by atoms with Gasteiger partial charge in [-0.05, 0) is 54.3 Å². The normalized spacial score (nSPS) is 10.4. The second kappa shape index (κ2) is 8.68. The van der Waals surface area contributed by atoms with Crippen molar-refractivity contribution in [3.63, 3.8) is 0 Å². The number of nitrogens with one attached hydrogen (secondary N) is 1. The number of amides is 1. The third-order valence-electron chi connectivity index (χ3n) is 3.31. The Morgan fingerprint density at radius 3 is 2.27 bits per heavy atom. The van der Waals surface area contributed by atoms with Crippen molar-refractivity contribution in [3.05, 3.63) is 54.1 Å². The van der Waals surface area contributed by atoms with Crippen molar-refractivity contribution in [2.24, 2.45) is 0 Å². The number of nitrogens with zero attached hydrogens (tertiary/aromatic N) is 2. The highest BCUT2D eigenvalue weighted by Gasteiger charge is 2.10. The second-order valence-electron chi connectivity index (χ2n) is 5.06. The van der Waals surface area contributed by atoms with Crippen LogP contribution in [0, 0.1) is 0 Å². The van der Waals surface area contributed by atoms with Crippen molar-refractivity contribution < 1.29 is 14.3 Å². The van der Waals surface area contributed by atoms with E-state index in [0.29, 0.717) is 22.2 Å². The summed E-state index contributed by atoms with van der Waals surface area (Å²) < 4.78 is 11.7. The van der Waals surface area contributed by atoms with Gasteiger partial charge in [0, 0.05) is 5.56 Å². The minimum Gasteiger partial charge on any atom is -0.497 e. The van der Waals surface area contributed by atoms with E-state index in [1.807, 2.05) is 31.2 Å². The fraction of sp³-hybridized carbons (Fsp3) is 0.167. The van der Waals surface area contributed by atoms with Gasteiger partial charge in [0.05, 0.1) is 7.11 Å². The smallest absolute Gasteiger partial charge is 0.257 e. The highest BCUT2D eigenvalue weighted by atomic mass is 32.2. The van der Waals surface area contributed by atoms with Crippen LogP contribution in [0.5, 0.6) is 17.2 Å². The van der Waals surface area contributed by atoms with E-state index in [9.17, 15) is 4.79 Å². The summed E-state index contributed by atoms with van der Waals surface area (Å²) in [7, 11) is 1.62. The van der Waals surface area contributed by atoms with E-state index in [0.717, 1.165) is 15.8 Å². The number of ether oxygens (including phenoxy) is 2. The summed E-state index contributed by atoms with van der Waals surface area (Å²) in [5, 5.41) is 11.2. The van der Waals surface area contributed by atoms with E-state index in [4.69, 9.17) is 9.47 Å². The lowest BCUT2D eigenvalue weighted by molar-refractivity contribution is 0.102. The van der Waals surface area contributed by atoms with Crippen LogP contribution in [0.2, 0.25) is 0 Å². The Morgan fingerprint density at radius 2 is 1.65 bits per heavy atom. The Labute approximate surface area is 159 Å². The third-order valence-corrected chi connectivity index (χ3v) is 5.16. The minimum absolute atomic E-state index is 0.231. The van der Waals surface area contributed by atoms with E-state index in [1.165, 1.54) is 11.3 Å². The molecule has 0 spiro atoms. The molecule has 0 saturated heterocycles. The van der Waals surface area contributed by atoms with Crippen LogP contribution in [0.25, 0.3) is 0 Å². The molecule has 8 heteroatoms. The monoisotopic (exact) mass is 387 g/mol. The van der Waals surface area contributed by atoms with E-state index >= 15 is 0 Å². The van der Waals surface area contributed by atoms with Crippen molar-refractivity contribution in [1.29, 1.82) is 0 Å². The van der Waals surface area contributed by atoms with Gasteiger partial charge >= 0.3 is 0 Å². The average Bonchev–Trinajstić information content (AvgIpc) is 3.10. The Morgan fingerprint density at radius 1 is 1.04 bits per heavy atom. The van der Waals surface area contributed by atoms with Gasteiger partial charge in [-0.25, -0.2) is 0 Å². The molecule has 2 aromatic carbocycles. The molecule has 0 unspecified atom stereocenters. The average molecular weight is 387 g/mol. The van der Waals surface area contributed by atoms with Gasteiger partial charge < -0.3 is 9.47 Å². The zero-order valence-electron chi connectivity index (χ0n) is 14.3. The number of rotatable bonds is 7. The molecule has 1 N–H and O–H groups in total. The fourth-order valence-corrected chi connectivity index (χ4v) is 3.71. The first-order valence-electron chi connectivity index (χ1n) is 7.87. The van der Waals surface area contributed by atoms with Crippen LogP contribution >= 0.6 is 23.1 Å². The molecule has 3 rings (SSSR count). The number of carbonyl (C=O) groups is 1. The molecule has 0 atom stereocenters. The molecular formula is C18H17N3O3S2. The Hall–Kier alpha value is -2.58. The molecule has 1 aromatic heterocycles. The number of thioether (sulfide) groups is 1. The van der Waals surface area contributed by atoms with Crippen LogP contribution in [-0.2, 0) is 0 Å². The van der Waals surface area contributed by atoms with Gasteiger partial charge in [-0.15, -0.1) is 10.2 Å². The molecule has 1 heterocycles. The topological polar surface area (TPSA) is 73.3 Å².